The number of hydrogen-bond donors (Lipinski definition) is 2. The highest BCUT2D eigenvalue weighted by molar-refractivity contribution is 5.88. The van der Waals surface area contributed by atoms with Crippen molar-refractivity contribution in [3.8, 4) is 6.07 Å². The number of carbonyl (C=O) groups excluding carboxylic acids is 1. The minimum atomic E-state index is -1.12. The molecule has 0 bridgehead atoms. The molecule has 1 amide bonds. The Labute approximate surface area is 169 Å². The fourth-order valence-electron chi connectivity index (χ4n) is 3.40. The van der Waals surface area contributed by atoms with E-state index in [9.17, 15) is 22.8 Å². The predicted octanol–water partition coefficient (Wildman–Crippen LogP) is 3.50. The lowest BCUT2D eigenvalue weighted by Crippen LogP contribution is -2.34. The molecule has 2 atom stereocenters. The number of carbonyl (C=O) groups is 1. The molecule has 2 aromatic heterocycles. The topological polar surface area (TPSA) is 98.6 Å². The Morgan fingerprint density at radius 1 is 1.23 bits per heavy atom. The maximum Gasteiger partial charge on any atom is 0.252 e. The average Bonchev–Trinajstić information content (AvgIpc) is 2.70. The van der Waals surface area contributed by atoms with Gasteiger partial charge in [-0.25, -0.2) is 13.2 Å². The molecule has 0 fully saturated rings. The molecule has 0 radical (unpaired) electrons. The molecule has 2 N–H and O–H groups in total. The van der Waals surface area contributed by atoms with Crippen molar-refractivity contribution in [1.82, 2.24) is 15.3 Å². The Bertz CT molecular complexity index is 1260. The highest BCUT2D eigenvalue weighted by Crippen LogP contribution is 2.27. The van der Waals surface area contributed by atoms with Crippen LogP contribution in [-0.2, 0) is 4.79 Å². The highest BCUT2D eigenvalue weighted by atomic mass is 19.2. The van der Waals surface area contributed by atoms with Gasteiger partial charge in [0.25, 0.3) is 5.56 Å². The van der Waals surface area contributed by atoms with Gasteiger partial charge in [-0.1, -0.05) is 0 Å². The number of benzene rings is 1. The van der Waals surface area contributed by atoms with Crippen LogP contribution in [0.3, 0.4) is 0 Å². The van der Waals surface area contributed by atoms with Crippen molar-refractivity contribution in [3.63, 3.8) is 0 Å². The molecule has 3 rings (SSSR count). The van der Waals surface area contributed by atoms with E-state index in [1.54, 1.807) is 6.07 Å². The molecule has 0 aliphatic rings. The second-order valence-corrected chi connectivity index (χ2v) is 6.93. The first kappa shape index (κ1) is 21.0. The molecule has 1 aromatic carbocycles. The molecule has 0 aliphatic carbocycles. The van der Waals surface area contributed by atoms with Crippen LogP contribution in [0.2, 0.25) is 0 Å². The predicted molar refractivity (Wildman–Crippen MR) is 103 cm³/mol. The first-order valence-electron chi connectivity index (χ1n) is 9.02. The zero-order valence-electron chi connectivity index (χ0n) is 16.3. The molecule has 154 valence electrons. The maximum atomic E-state index is 14.3. The van der Waals surface area contributed by atoms with Gasteiger partial charge in [0.05, 0.1) is 28.7 Å². The minimum Gasteiger partial charge on any atom is -0.347 e. The quantitative estimate of drug-likeness (QED) is 0.683. The van der Waals surface area contributed by atoms with Crippen LogP contribution in [0.15, 0.2) is 29.2 Å². The summed E-state index contributed by atoms with van der Waals surface area (Å²) in [6, 6.07) is 4.06. The third-order valence-corrected chi connectivity index (χ3v) is 4.96. The smallest absolute Gasteiger partial charge is 0.252 e. The molecule has 0 saturated carbocycles. The van der Waals surface area contributed by atoms with Crippen LogP contribution in [-0.4, -0.2) is 15.9 Å². The zero-order valence-corrected chi connectivity index (χ0v) is 16.3. The monoisotopic (exact) mass is 414 g/mol. The number of nitrogens with one attached hydrogen (secondary N) is 2. The SMILES string of the molecule is Cc1c([C@H](C)C(=O)N[C@H](C)c2ncc(C#N)cc2F)c(=O)[nH]c2ccc(F)c(F)c12. The lowest BCUT2D eigenvalue weighted by Gasteiger charge is -2.19. The number of pyridine rings is 2. The number of hydrogen-bond acceptors (Lipinski definition) is 4. The number of aryl methyl sites for hydroxylation is 1. The van der Waals surface area contributed by atoms with Crippen molar-refractivity contribution in [2.75, 3.05) is 0 Å². The van der Waals surface area contributed by atoms with Gasteiger partial charge >= 0.3 is 0 Å². The van der Waals surface area contributed by atoms with Crippen molar-refractivity contribution in [2.24, 2.45) is 0 Å². The van der Waals surface area contributed by atoms with Crippen LogP contribution in [0.4, 0.5) is 13.2 Å². The van der Waals surface area contributed by atoms with Gasteiger partial charge in [-0.3, -0.25) is 14.6 Å². The molecular weight excluding hydrogens is 397 g/mol. The number of aromatic nitrogens is 2. The largest absolute Gasteiger partial charge is 0.347 e. The minimum absolute atomic E-state index is 0.0232. The summed E-state index contributed by atoms with van der Waals surface area (Å²) in [5.41, 5.74) is -0.412. The second-order valence-electron chi connectivity index (χ2n) is 6.93. The summed E-state index contributed by atoms with van der Waals surface area (Å²) in [5, 5.41) is 11.2. The lowest BCUT2D eigenvalue weighted by molar-refractivity contribution is -0.122. The lowest BCUT2D eigenvalue weighted by atomic mass is 9.93. The molecule has 0 unspecified atom stereocenters. The highest BCUT2D eigenvalue weighted by Gasteiger charge is 2.26. The summed E-state index contributed by atoms with van der Waals surface area (Å²) in [5.74, 6) is -4.61. The van der Waals surface area contributed by atoms with Crippen molar-refractivity contribution < 1.29 is 18.0 Å². The van der Waals surface area contributed by atoms with Crippen molar-refractivity contribution >= 4 is 16.8 Å². The molecule has 9 heteroatoms. The summed E-state index contributed by atoms with van der Waals surface area (Å²) in [7, 11) is 0. The van der Waals surface area contributed by atoms with Gasteiger partial charge in [-0.15, -0.1) is 0 Å². The number of halogens is 3. The van der Waals surface area contributed by atoms with E-state index in [2.05, 4.69) is 15.3 Å². The van der Waals surface area contributed by atoms with Crippen molar-refractivity contribution in [2.45, 2.75) is 32.7 Å². The second kappa shape index (κ2) is 7.99. The van der Waals surface area contributed by atoms with E-state index >= 15 is 0 Å². The van der Waals surface area contributed by atoms with E-state index in [1.165, 1.54) is 33.0 Å². The Morgan fingerprint density at radius 2 is 1.93 bits per heavy atom. The van der Waals surface area contributed by atoms with Crippen LogP contribution in [0.1, 0.15) is 48.2 Å². The van der Waals surface area contributed by atoms with Gasteiger partial charge in [0, 0.05) is 17.1 Å². The van der Waals surface area contributed by atoms with E-state index in [-0.39, 0.29) is 33.3 Å². The van der Waals surface area contributed by atoms with Crippen LogP contribution in [0.25, 0.3) is 10.9 Å². The van der Waals surface area contributed by atoms with Gasteiger partial charge in [0.15, 0.2) is 11.6 Å². The normalized spacial score (nSPS) is 13.0. The summed E-state index contributed by atoms with van der Waals surface area (Å²) in [6.07, 6.45) is 1.18. The number of rotatable bonds is 4. The van der Waals surface area contributed by atoms with Gasteiger partial charge in [-0.2, -0.15) is 5.26 Å². The Balaban J connectivity index is 1.95. The summed E-state index contributed by atoms with van der Waals surface area (Å²) >= 11 is 0. The van der Waals surface area contributed by atoms with Crippen LogP contribution in [0.5, 0.6) is 0 Å². The van der Waals surface area contributed by atoms with E-state index in [0.717, 1.165) is 12.1 Å². The van der Waals surface area contributed by atoms with Crippen LogP contribution in [0, 0.1) is 35.7 Å². The molecule has 0 spiro atoms. The first-order chi connectivity index (χ1) is 14.1. The van der Waals surface area contributed by atoms with Crippen molar-refractivity contribution in [3.05, 3.63) is 74.6 Å². The van der Waals surface area contributed by atoms with E-state index in [0.29, 0.717) is 0 Å². The molecule has 0 saturated heterocycles. The molecule has 6 nitrogen and oxygen atoms in total. The van der Waals surface area contributed by atoms with E-state index < -0.39 is 40.9 Å². The molecular formula is C21H17F3N4O2. The summed E-state index contributed by atoms with van der Waals surface area (Å²) < 4.78 is 42.1. The fourth-order valence-corrected chi connectivity index (χ4v) is 3.40. The van der Waals surface area contributed by atoms with Gasteiger partial charge in [0.2, 0.25) is 5.91 Å². The summed E-state index contributed by atoms with van der Waals surface area (Å²) in [6.45, 7) is 4.37. The zero-order chi connectivity index (χ0) is 22.2. The van der Waals surface area contributed by atoms with Gasteiger partial charge < -0.3 is 10.3 Å². The number of nitrogens with zero attached hydrogens (tertiary/aromatic N) is 2. The molecule has 0 aliphatic heterocycles. The average molecular weight is 414 g/mol. The summed E-state index contributed by atoms with van der Waals surface area (Å²) in [4.78, 5) is 31.6. The van der Waals surface area contributed by atoms with E-state index in [4.69, 9.17) is 5.26 Å². The third kappa shape index (κ3) is 3.64. The van der Waals surface area contributed by atoms with Gasteiger partial charge in [0.1, 0.15) is 11.9 Å². The number of aromatic amines is 1. The molecule has 3 aromatic rings. The third-order valence-electron chi connectivity index (χ3n) is 4.96. The number of nitriles is 1. The molecule has 30 heavy (non-hydrogen) atoms. The fraction of sp³-hybridized carbons (Fsp3) is 0.238. The number of amides is 1. The number of H-pyrrole nitrogens is 1. The number of fused-ring (bicyclic) bond motifs is 1. The van der Waals surface area contributed by atoms with Crippen LogP contribution >= 0.6 is 0 Å². The first-order valence-corrected chi connectivity index (χ1v) is 9.02. The molecule has 2 heterocycles. The van der Waals surface area contributed by atoms with E-state index in [1.807, 2.05) is 0 Å². The van der Waals surface area contributed by atoms with Crippen LogP contribution < -0.4 is 10.9 Å². The standard InChI is InChI=1S/C21H17F3N4O2/c1-9-16(21(30)28-15-5-4-13(22)18(24)17(9)15)10(2)20(29)27-11(3)19-14(23)6-12(7-25)8-26-19/h4-6,8,10-11H,1-3H3,(H,27,29)(H,28,30)/t10-,11+/m0/s1. The maximum absolute atomic E-state index is 14.3. The Hall–Kier alpha value is -3.67. The Kier molecular flexibility index (Phi) is 5.60. The van der Waals surface area contributed by atoms with Gasteiger partial charge in [-0.05, 0) is 44.5 Å². The Morgan fingerprint density at radius 3 is 2.57 bits per heavy atom. The van der Waals surface area contributed by atoms with Crippen molar-refractivity contribution in [1.29, 1.82) is 5.26 Å².